The molecule has 0 aliphatic carbocycles. The molecule has 3 nitrogen and oxygen atoms in total. The molecule has 2 atom stereocenters. The summed E-state index contributed by atoms with van der Waals surface area (Å²) in [7, 11) is 0. The lowest BCUT2D eigenvalue weighted by molar-refractivity contribution is -0.0107. The smallest absolute Gasteiger partial charge is 0.147 e. The van der Waals surface area contributed by atoms with Crippen molar-refractivity contribution in [3.05, 3.63) is 35.9 Å². The van der Waals surface area contributed by atoms with E-state index in [2.05, 4.69) is 0 Å². The van der Waals surface area contributed by atoms with Crippen molar-refractivity contribution in [2.45, 2.75) is 12.2 Å². The number of ether oxygens (including phenoxy) is 2. The number of hydrogen-bond donors (Lipinski definition) is 1. The molecule has 1 N–H and O–H groups in total. The van der Waals surface area contributed by atoms with E-state index in [1.807, 2.05) is 30.3 Å². The zero-order valence-electron chi connectivity index (χ0n) is 7.22. The quantitative estimate of drug-likeness (QED) is 0.740. The Bertz CT molecular complexity index is 254. The highest BCUT2D eigenvalue weighted by Crippen LogP contribution is 2.21. The topological polar surface area (TPSA) is 38.7 Å². The lowest BCUT2D eigenvalue weighted by atomic mass is 10.1. The highest BCUT2D eigenvalue weighted by Gasteiger charge is 2.25. The molecular formula is C10H12O3. The average Bonchev–Trinajstić information content (AvgIpc) is 2.71. The van der Waals surface area contributed by atoms with Crippen LogP contribution in [0.4, 0.5) is 0 Å². The fourth-order valence-corrected chi connectivity index (χ4v) is 1.40. The third-order valence-electron chi connectivity index (χ3n) is 2.14. The van der Waals surface area contributed by atoms with Gasteiger partial charge in [-0.05, 0) is 5.56 Å². The Morgan fingerprint density at radius 3 is 2.69 bits per heavy atom. The van der Waals surface area contributed by atoms with Crippen LogP contribution in [0.5, 0.6) is 0 Å². The van der Waals surface area contributed by atoms with Crippen molar-refractivity contribution in [1.82, 2.24) is 0 Å². The van der Waals surface area contributed by atoms with Crippen molar-refractivity contribution in [2.75, 3.05) is 13.4 Å². The molecule has 1 aliphatic rings. The minimum absolute atomic E-state index is 0.220. The second-order valence-corrected chi connectivity index (χ2v) is 3.05. The Balaban J connectivity index is 2.08. The van der Waals surface area contributed by atoms with Crippen LogP contribution in [-0.4, -0.2) is 24.6 Å². The molecule has 0 unspecified atom stereocenters. The highest BCUT2D eigenvalue weighted by atomic mass is 16.7. The van der Waals surface area contributed by atoms with E-state index >= 15 is 0 Å². The predicted octanol–water partition coefficient (Wildman–Crippen LogP) is 1.09. The molecular weight excluding hydrogens is 168 g/mol. The van der Waals surface area contributed by atoms with E-state index in [-0.39, 0.29) is 12.9 Å². The van der Waals surface area contributed by atoms with Crippen LogP contribution < -0.4 is 0 Å². The number of rotatable bonds is 2. The number of hydrogen-bond acceptors (Lipinski definition) is 3. The van der Waals surface area contributed by atoms with Crippen molar-refractivity contribution in [1.29, 1.82) is 0 Å². The molecule has 1 heterocycles. The second kappa shape index (κ2) is 3.87. The van der Waals surface area contributed by atoms with Gasteiger partial charge in [-0.15, -0.1) is 0 Å². The lowest BCUT2D eigenvalue weighted by Gasteiger charge is -2.15. The van der Waals surface area contributed by atoms with Crippen molar-refractivity contribution in [3.63, 3.8) is 0 Å². The Morgan fingerprint density at radius 1 is 1.31 bits per heavy atom. The van der Waals surface area contributed by atoms with Crippen LogP contribution in [0, 0.1) is 0 Å². The van der Waals surface area contributed by atoms with Crippen LogP contribution in [0.1, 0.15) is 11.7 Å². The molecule has 1 saturated heterocycles. The summed E-state index contributed by atoms with van der Waals surface area (Å²) in [6.45, 7) is 0.755. The molecule has 3 heteroatoms. The summed E-state index contributed by atoms with van der Waals surface area (Å²) < 4.78 is 10.2. The van der Waals surface area contributed by atoms with Gasteiger partial charge in [0.15, 0.2) is 0 Å². The first-order chi connectivity index (χ1) is 6.38. The zero-order chi connectivity index (χ0) is 9.10. The SMILES string of the molecule is O[C@H](c1ccccc1)[C@H]1COCO1. The maximum atomic E-state index is 9.82. The Hall–Kier alpha value is -0.900. The minimum atomic E-state index is -0.580. The van der Waals surface area contributed by atoms with E-state index < -0.39 is 6.10 Å². The summed E-state index contributed by atoms with van der Waals surface area (Å²) in [5.41, 5.74) is 0.873. The Labute approximate surface area is 76.9 Å². The monoisotopic (exact) mass is 180 g/mol. The van der Waals surface area contributed by atoms with Gasteiger partial charge in [0.1, 0.15) is 19.0 Å². The number of benzene rings is 1. The van der Waals surface area contributed by atoms with Gasteiger partial charge in [0, 0.05) is 0 Å². The number of aliphatic hydroxyl groups is 1. The van der Waals surface area contributed by atoms with Gasteiger partial charge >= 0.3 is 0 Å². The van der Waals surface area contributed by atoms with Crippen LogP contribution in [0.15, 0.2) is 30.3 Å². The van der Waals surface area contributed by atoms with Crippen LogP contribution in [-0.2, 0) is 9.47 Å². The molecule has 1 fully saturated rings. The van der Waals surface area contributed by atoms with Crippen molar-refractivity contribution < 1.29 is 14.6 Å². The van der Waals surface area contributed by atoms with Gasteiger partial charge in [-0.1, -0.05) is 30.3 Å². The lowest BCUT2D eigenvalue weighted by Crippen LogP contribution is -2.20. The van der Waals surface area contributed by atoms with E-state index in [4.69, 9.17) is 9.47 Å². The van der Waals surface area contributed by atoms with Gasteiger partial charge in [0.2, 0.25) is 0 Å². The molecule has 1 aromatic carbocycles. The molecule has 0 saturated carbocycles. The molecule has 1 aromatic rings. The summed E-state index contributed by atoms with van der Waals surface area (Å²) in [4.78, 5) is 0. The van der Waals surface area contributed by atoms with E-state index in [9.17, 15) is 5.11 Å². The molecule has 13 heavy (non-hydrogen) atoms. The maximum Gasteiger partial charge on any atom is 0.147 e. The molecule has 0 bridgehead atoms. The van der Waals surface area contributed by atoms with Crippen molar-refractivity contribution in [3.8, 4) is 0 Å². The first-order valence-corrected chi connectivity index (χ1v) is 4.30. The summed E-state index contributed by atoms with van der Waals surface area (Å²) in [6, 6.07) is 9.48. The second-order valence-electron chi connectivity index (χ2n) is 3.05. The molecule has 2 rings (SSSR count). The van der Waals surface area contributed by atoms with Crippen LogP contribution >= 0.6 is 0 Å². The summed E-state index contributed by atoms with van der Waals surface area (Å²) in [5.74, 6) is 0. The van der Waals surface area contributed by atoms with Gasteiger partial charge in [0.05, 0.1) is 6.61 Å². The van der Waals surface area contributed by atoms with Crippen LogP contribution in [0.2, 0.25) is 0 Å². The van der Waals surface area contributed by atoms with Gasteiger partial charge in [0.25, 0.3) is 0 Å². The summed E-state index contributed by atoms with van der Waals surface area (Å²) in [5, 5.41) is 9.82. The summed E-state index contributed by atoms with van der Waals surface area (Å²) >= 11 is 0. The highest BCUT2D eigenvalue weighted by molar-refractivity contribution is 5.18. The normalized spacial score (nSPS) is 24.5. The number of aliphatic hydroxyl groups excluding tert-OH is 1. The molecule has 0 spiro atoms. The first kappa shape index (κ1) is 8.69. The van der Waals surface area contributed by atoms with E-state index in [0.29, 0.717) is 6.61 Å². The third kappa shape index (κ3) is 1.88. The molecule has 0 radical (unpaired) electrons. The largest absolute Gasteiger partial charge is 0.386 e. The van der Waals surface area contributed by atoms with Gasteiger partial charge < -0.3 is 14.6 Å². The Kier molecular flexibility index (Phi) is 2.59. The van der Waals surface area contributed by atoms with E-state index in [1.54, 1.807) is 0 Å². The van der Waals surface area contributed by atoms with Gasteiger partial charge in [-0.25, -0.2) is 0 Å². The molecule has 1 aliphatic heterocycles. The zero-order valence-corrected chi connectivity index (χ0v) is 7.22. The average molecular weight is 180 g/mol. The maximum absolute atomic E-state index is 9.82. The van der Waals surface area contributed by atoms with Gasteiger partial charge in [-0.3, -0.25) is 0 Å². The van der Waals surface area contributed by atoms with Gasteiger partial charge in [-0.2, -0.15) is 0 Å². The molecule has 0 amide bonds. The molecule has 70 valence electrons. The first-order valence-electron chi connectivity index (χ1n) is 4.30. The van der Waals surface area contributed by atoms with Crippen molar-refractivity contribution in [2.24, 2.45) is 0 Å². The third-order valence-corrected chi connectivity index (χ3v) is 2.14. The van der Waals surface area contributed by atoms with Crippen molar-refractivity contribution >= 4 is 0 Å². The van der Waals surface area contributed by atoms with Crippen LogP contribution in [0.25, 0.3) is 0 Å². The fraction of sp³-hybridized carbons (Fsp3) is 0.400. The molecule has 0 aromatic heterocycles. The Morgan fingerprint density at radius 2 is 2.08 bits per heavy atom. The van der Waals surface area contributed by atoms with E-state index in [0.717, 1.165) is 5.56 Å². The minimum Gasteiger partial charge on any atom is -0.386 e. The van der Waals surface area contributed by atoms with E-state index in [1.165, 1.54) is 0 Å². The van der Waals surface area contributed by atoms with Crippen LogP contribution in [0.3, 0.4) is 0 Å². The fourth-order valence-electron chi connectivity index (χ4n) is 1.40. The standard InChI is InChI=1S/C10H12O3/c11-10(9-6-12-7-13-9)8-4-2-1-3-5-8/h1-5,9-11H,6-7H2/t9-,10-/m1/s1. The predicted molar refractivity (Wildman–Crippen MR) is 47.1 cm³/mol. The summed E-state index contributed by atoms with van der Waals surface area (Å²) in [6.07, 6.45) is -0.800.